The molecule has 1 heterocycles. The Morgan fingerprint density at radius 1 is 1.50 bits per heavy atom. The minimum atomic E-state index is -1.15. The van der Waals surface area contributed by atoms with Gasteiger partial charge in [-0.3, -0.25) is 4.79 Å². The molecule has 1 amide bonds. The maximum Gasteiger partial charge on any atom is 0.326 e. The van der Waals surface area contributed by atoms with Gasteiger partial charge in [0.1, 0.15) is 18.0 Å². The van der Waals surface area contributed by atoms with Crippen LogP contribution in [0.5, 0.6) is 0 Å². The third-order valence-corrected chi connectivity index (χ3v) is 3.17. The van der Waals surface area contributed by atoms with E-state index in [0.717, 1.165) is 6.42 Å². The van der Waals surface area contributed by atoms with Crippen LogP contribution in [0.1, 0.15) is 18.4 Å². The van der Waals surface area contributed by atoms with E-state index in [0.29, 0.717) is 18.6 Å². The second kappa shape index (κ2) is 6.47. The molecule has 1 aromatic carbocycles. The smallest absolute Gasteiger partial charge is 0.326 e. The van der Waals surface area contributed by atoms with E-state index in [1.54, 1.807) is 6.07 Å². The summed E-state index contributed by atoms with van der Waals surface area (Å²) < 4.78 is 18.3. The van der Waals surface area contributed by atoms with E-state index in [-0.39, 0.29) is 6.42 Å². The molecule has 2 N–H and O–H groups in total. The lowest BCUT2D eigenvalue weighted by Gasteiger charge is -2.17. The van der Waals surface area contributed by atoms with Gasteiger partial charge in [0.15, 0.2) is 0 Å². The van der Waals surface area contributed by atoms with Crippen molar-refractivity contribution in [3.63, 3.8) is 0 Å². The van der Waals surface area contributed by atoms with Gasteiger partial charge in [0.25, 0.3) is 0 Å². The van der Waals surface area contributed by atoms with E-state index >= 15 is 0 Å². The van der Waals surface area contributed by atoms with Crippen molar-refractivity contribution >= 4 is 11.9 Å². The molecule has 2 atom stereocenters. The van der Waals surface area contributed by atoms with Crippen LogP contribution in [-0.2, 0) is 20.7 Å². The van der Waals surface area contributed by atoms with E-state index in [2.05, 4.69) is 5.32 Å². The van der Waals surface area contributed by atoms with Crippen LogP contribution in [0, 0.1) is 5.82 Å². The summed E-state index contributed by atoms with van der Waals surface area (Å²) in [5.41, 5.74) is 0.519. The monoisotopic (exact) mass is 281 g/mol. The molecule has 0 unspecified atom stereocenters. The largest absolute Gasteiger partial charge is 0.480 e. The molecule has 0 aliphatic carbocycles. The van der Waals surface area contributed by atoms with E-state index in [1.807, 2.05) is 0 Å². The Labute approximate surface area is 115 Å². The second-order valence-corrected chi connectivity index (χ2v) is 4.74. The Balaban J connectivity index is 2.00. The lowest BCUT2D eigenvalue weighted by molar-refractivity contribution is -0.143. The van der Waals surface area contributed by atoms with Crippen molar-refractivity contribution in [1.29, 1.82) is 0 Å². The van der Waals surface area contributed by atoms with Crippen molar-refractivity contribution in [3.8, 4) is 0 Å². The summed E-state index contributed by atoms with van der Waals surface area (Å²) >= 11 is 0. The Morgan fingerprint density at radius 3 is 2.90 bits per heavy atom. The molecule has 1 fully saturated rings. The average molecular weight is 281 g/mol. The maximum atomic E-state index is 13.1. The first-order chi connectivity index (χ1) is 9.56. The van der Waals surface area contributed by atoms with Gasteiger partial charge in [-0.1, -0.05) is 12.1 Å². The van der Waals surface area contributed by atoms with Crippen LogP contribution in [0.3, 0.4) is 0 Å². The summed E-state index contributed by atoms with van der Waals surface area (Å²) in [6.07, 6.45) is 0.841. The first-order valence-corrected chi connectivity index (χ1v) is 6.45. The first-order valence-electron chi connectivity index (χ1n) is 6.45. The highest BCUT2D eigenvalue weighted by Crippen LogP contribution is 2.13. The molecular weight excluding hydrogens is 265 g/mol. The van der Waals surface area contributed by atoms with Crippen molar-refractivity contribution in [2.75, 3.05) is 6.61 Å². The Kier molecular flexibility index (Phi) is 4.68. The number of aliphatic carboxylic acids is 1. The van der Waals surface area contributed by atoms with Crippen molar-refractivity contribution < 1.29 is 23.8 Å². The number of hydrogen-bond donors (Lipinski definition) is 2. The zero-order chi connectivity index (χ0) is 14.5. The van der Waals surface area contributed by atoms with Crippen LogP contribution in [0.2, 0.25) is 0 Å². The maximum absolute atomic E-state index is 13.1. The number of nitrogens with one attached hydrogen (secondary N) is 1. The zero-order valence-electron chi connectivity index (χ0n) is 10.8. The minimum Gasteiger partial charge on any atom is -0.480 e. The van der Waals surface area contributed by atoms with Crippen molar-refractivity contribution in [1.82, 2.24) is 5.32 Å². The highest BCUT2D eigenvalue weighted by Gasteiger charge is 2.28. The minimum absolute atomic E-state index is 0.0333. The van der Waals surface area contributed by atoms with E-state index < -0.39 is 29.8 Å². The molecule has 0 spiro atoms. The van der Waals surface area contributed by atoms with Gasteiger partial charge >= 0.3 is 5.97 Å². The fourth-order valence-corrected chi connectivity index (χ4v) is 2.15. The molecule has 0 radical (unpaired) electrons. The molecule has 1 aliphatic heterocycles. The summed E-state index contributed by atoms with van der Waals surface area (Å²) in [5, 5.41) is 11.6. The predicted molar refractivity (Wildman–Crippen MR) is 68.6 cm³/mol. The van der Waals surface area contributed by atoms with Gasteiger partial charge in [0.2, 0.25) is 5.91 Å². The number of ether oxygens (including phenoxy) is 1. The lowest BCUT2D eigenvalue weighted by Crippen LogP contribution is -2.46. The van der Waals surface area contributed by atoms with Gasteiger partial charge < -0.3 is 15.2 Å². The number of amides is 1. The number of halogens is 1. The number of hydrogen-bond acceptors (Lipinski definition) is 3. The third kappa shape index (κ3) is 3.77. The molecule has 6 heteroatoms. The summed E-state index contributed by atoms with van der Waals surface area (Å²) in [7, 11) is 0. The highest BCUT2D eigenvalue weighted by molar-refractivity contribution is 5.86. The van der Waals surface area contributed by atoms with E-state index in [4.69, 9.17) is 9.84 Å². The van der Waals surface area contributed by atoms with Crippen LogP contribution in [0.25, 0.3) is 0 Å². The molecule has 0 aromatic heterocycles. The highest BCUT2D eigenvalue weighted by atomic mass is 19.1. The molecule has 2 rings (SSSR count). The molecule has 1 aliphatic rings. The Morgan fingerprint density at radius 2 is 2.30 bits per heavy atom. The second-order valence-electron chi connectivity index (χ2n) is 4.74. The third-order valence-electron chi connectivity index (χ3n) is 3.17. The van der Waals surface area contributed by atoms with Gasteiger partial charge in [-0.05, 0) is 30.5 Å². The summed E-state index contributed by atoms with van der Waals surface area (Å²) in [6, 6.07) is 4.58. The van der Waals surface area contributed by atoms with E-state index in [1.165, 1.54) is 18.2 Å². The van der Waals surface area contributed by atoms with Gasteiger partial charge in [-0.25, -0.2) is 9.18 Å². The summed E-state index contributed by atoms with van der Waals surface area (Å²) in [6.45, 7) is 0.514. The van der Waals surface area contributed by atoms with Crippen molar-refractivity contribution in [3.05, 3.63) is 35.6 Å². The molecule has 5 nitrogen and oxygen atoms in total. The number of benzene rings is 1. The predicted octanol–water partition coefficient (Wildman–Crippen LogP) is 1.12. The van der Waals surface area contributed by atoms with Crippen LogP contribution < -0.4 is 5.32 Å². The lowest BCUT2D eigenvalue weighted by atomic mass is 10.1. The number of carboxylic acids is 1. The standard InChI is InChI=1S/C14H16FNO4/c15-10-4-1-3-9(7-10)8-11(14(18)19)16-13(17)12-5-2-6-20-12/h1,3-4,7,11-12H,2,5-6,8H2,(H,16,17)(H,18,19)/t11-,12+/m0/s1. The van der Waals surface area contributed by atoms with Crippen LogP contribution in [0.15, 0.2) is 24.3 Å². The number of carboxylic acid groups (broad SMARTS) is 1. The van der Waals surface area contributed by atoms with Crippen LogP contribution in [0.4, 0.5) is 4.39 Å². The fraction of sp³-hybridized carbons (Fsp3) is 0.429. The summed E-state index contributed by atoms with van der Waals surface area (Å²) in [5.74, 6) is -2.01. The number of carbonyl (C=O) groups is 2. The molecule has 1 aromatic rings. The Bertz CT molecular complexity index is 500. The molecule has 108 valence electrons. The number of carbonyl (C=O) groups excluding carboxylic acids is 1. The van der Waals surface area contributed by atoms with Crippen LogP contribution >= 0.6 is 0 Å². The van der Waals surface area contributed by atoms with Gasteiger partial charge in [0.05, 0.1) is 0 Å². The first kappa shape index (κ1) is 14.5. The van der Waals surface area contributed by atoms with Crippen LogP contribution in [-0.4, -0.2) is 35.7 Å². The van der Waals surface area contributed by atoms with Gasteiger partial charge in [-0.2, -0.15) is 0 Å². The quantitative estimate of drug-likeness (QED) is 0.848. The van der Waals surface area contributed by atoms with Gasteiger partial charge in [0, 0.05) is 13.0 Å². The number of rotatable bonds is 5. The van der Waals surface area contributed by atoms with Gasteiger partial charge in [-0.15, -0.1) is 0 Å². The SMILES string of the molecule is O=C(O)[C@H](Cc1cccc(F)c1)NC(=O)[C@H]1CCCO1. The topological polar surface area (TPSA) is 75.6 Å². The molecule has 20 heavy (non-hydrogen) atoms. The molecule has 0 saturated carbocycles. The van der Waals surface area contributed by atoms with E-state index in [9.17, 15) is 14.0 Å². The average Bonchev–Trinajstić information content (AvgIpc) is 2.91. The van der Waals surface area contributed by atoms with Crippen molar-refractivity contribution in [2.24, 2.45) is 0 Å². The molecule has 1 saturated heterocycles. The normalized spacial score (nSPS) is 19.6. The molecule has 0 bridgehead atoms. The zero-order valence-corrected chi connectivity index (χ0v) is 10.8. The Hall–Kier alpha value is -1.95. The molecular formula is C14H16FNO4. The van der Waals surface area contributed by atoms with Crippen molar-refractivity contribution in [2.45, 2.75) is 31.4 Å². The fourth-order valence-electron chi connectivity index (χ4n) is 2.15. The summed E-state index contributed by atoms with van der Waals surface area (Å²) in [4.78, 5) is 23.0.